The maximum Gasteiger partial charge on any atom is 0.300 e. The van der Waals surface area contributed by atoms with Crippen molar-refractivity contribution in [2.24, 2.45) is 0 Å². The van der Waals surface area contributed by atoms with E-state index in [1.165, 1.54) is 0 Å². The number of ether oxygens (including phenoxy) is 2. The molecular weight excluding hydrogens is 220 g/mol. The Hall–Kier alpha value is -1.42. The fourth-order valence-corrected chi connectivity index (χ4v) is 0.972. The number of carboxylic acids is 1. The van der Waals surface area contributed by atoms with Gasteiger partial charge in [-0.3, -0.25) is 4.79 Å². The summed E-state index contributed by atoms with van der Waals surface area (Å²) < 4.78 is 10.0. The molecule has 1 N–H and O–H groups in total. The summed E-state index contributed by atoms with van der Waals surface area (Å²) in [7, 11) is 3.17. The predicted octanol–water partition coefficient (Wildman–Crippen LogP) is 2.45. The standard InChI is InChI=1S/C8H9ClO2.C2H4O2/c1-10-7-4-3-6(9)5-8(7)11-2;1-2(3)4/h3-5H,1-2H3;1H3,(H,3,4). The molecule has 5 heteroatoms. The fourth-order valence-electron chi connectivity index (χ4n) is 0.810. The second-order valence-corrected chi connectivity index (χ2v) is 2.95. The van der Waals surface area contributed by atoms with Gasteiger partial charge in [0.25, 0.3) is 5.97 Å². The van der Waals surface area contributed by atoms with Gasteiger partial charge in [0.2, 0.25) is 0 Å². The van der Waals surface area contributed by atoms with Crippen LogP contribution in [0.3, 0.4) is 0 Å². The average Bonchev–Trinajstić information content (AvgIpc) is 2.16. The van der Waals surface area contributed by atoms with Crippen LogP contribution >= 0.6 is 11.6 Å². The molecule has 1 aromatic carbocycles. The predicted molar refractivity (Wildman–Crippen MR) is 57.9 cm³/mol. The first-order valence-electron chi connectivity index (χ1n) is 4.08. The van der Waals surface area contributed by atoms with E-state index in [4.69, 9.17) is 31.0 Å². The minimum absolute atomic E-state index is 0.641. The molecule has 0 atom stereocenters. The molecule has 1 rings (SSSR count). The molecule has 0 radical (unpaired) electrons. The Morgan fingerprint density at radius 3 is 2.13 bits per heavy atom. The van der Waals surface area contributed by atoms with Crippen molar-refractivity contribution in [3.05, 3.63) is 23.2 Å². The average molecular weight is 233 g/mol. The number of hydrogen-bond donors (Lipinski definition) is 1. The first-order chi connectivity index (χ1) is 7.01. The molecule has 84 valence electrons. The monoisotopic (exact) mass is 232 g/mol. The quantitative estimate of drug-likeness (QED) is 0.851. The highest BCUT2D eigenvalue weighted by atomic mass is 35.5. The molecule has 0 bridgehead atoms. The zero-order valence-electron chi connectivity index (χ0n) is 8.78. The molecule has 0 aliphatic rings. The summed E-state index contributed by atoms with van der Waals surface area (Å²) in [6.45, 7) is 1.08. The fraction of sp³-hybridized carbons (Fsp3) is 0.300. The third-order valence-electron chi connectivity index (χ3n) is 1.35. The van der Waals surface area contributed by atoms with Crippen molar-refractivity contribution in [2.75, 3.05) is 14.2 Å². The smallest absolute Gasteiger partial charge is 0.300 e. The summed E-state index contributed by atoms with van der Waals surface area (Å²) in [6.07, 6.45) is 0. The molecule has 0 aliphatic carbocycles. The lowest BCUT2D eigenvalue weighted by molar-refractivity contribution is -0.134. The number of aliphatic carboxylic acids is 1. The molecule has 0 saturated heterocycles. The Kier molecular flexibility index (Phi) is 6.29. The Balaban J connectivity index is 0.000000423. The largest absolute Gasteiger partial charge is 0.493 e. The maximum absolute atomic E-state index is 9.00. The molecule has 0 aromatic heterocycles. The zero-order valence-corrected chi connectivity index (χ0v) is 9.54. The SMILES string of the molecule is CC(=O)O.COc1ccc(Cl)cc1OC. The van der Waals surface area contributed by atoms with Crippen molar-refractivity contribution in [3.63, 3.8) is 0 Å². The van der Waals surface area contributed by atoms with E-state index in [-0.39, 0.29) is 0 Å². The first kappa shape index (κ1) is 13.6. The van der Waals surface area contributed by atoms with Gasteiger partial charge in [0.15, 0.2) is 11.5 Å². The Morgan fingerprint density at radius 2 is 1.73 bits per heavy atom. The van der Waals surface area contributed by atoms with Crippen LogP contribution in [0.5, 0.6) is 11.5 Å². The van der Waals surface area contributed by atoms with Crippen LogP contribution in [-0.2, 0) is 4.79 Å². The lowest BCUT2D eigenvalue weighted by atomic mass is 10.3. The topological polar surface area (TPSA) is 55.8 Å². The highest BCUT2D eigenvalue weighted by Crippen LogP contribution is 2.29. The Morgan fingerprint density at radius 1 is 1.27 bits per heavy atom. The van der Waals surface area contributed by atoms with Crippen molar-refractivity contribution in [1.29, 1.82) is 0 Å². The van der Waals surface area contributed by atoms with Gasteiger partial charge in [-0.25, -0.2) is 0 Å². The van der Waals surface area contributed by atoms with E-state index in [2.05, 4.69) is 0 Å². The molecule has 15 heavy (non-hydrogen) atoms. The summed E-state index contributed by atoms with van der Waals surface area (Å²) >= 11 is 5.72. The van der Waals surface area contributed by atoms with Crippen LogP contribution in [0.25, 0.3) is 0 Å². The lowest BCUT2D eigenvalue weighted by Gasteiger charge is -2.06. The summed E-state index contributed by atoms with van der Waals surface area (Å²) in [5, 5.41) is 8.06. The highest BCUT2D eigenvalue weighted by molar-refractivity contribution is 6.30. The van der Waals surface area contributed by atoms with Crippen molar-refractivity contribution in [1.82, 2.24) is 0 Å². The van der Waals surface area contributed by atoms with Gasteiger partial charge < -0.3 is 14.6 Å². The van der Waals surface area contributed by atoms with E-state index >= 15 is 0 Å². The van der Waals surface area contributed by atoms with Gasteiger partial charge in [-0.1, -0.05) is 11.6 Å². The third-order valence-corrected chi connectivity index (χ3v) is 1.58. The number of methoxy groups -OCH3 is 2. The number of carboxylic acid groups (broad SMARTS) is 1. The van der Waals surface area contributed by atoms with Crippen LogP contribution in [0.2, 0.25) is 5.02 Å². The van der Waals surface area contributed by atoms with Gasteiger partial charge in [0.1, 0.15) is 0 Å². The van der Waals surface area contributed by atoms with Gasteiger partial charge in [0.05, 0.1) is 14.2 Å². The summed E-state index contributed by atoms with van der Waals surface area (Å²) in [5.41, 5.74) is 0. The van der Waals surface area contributed by atoms with Gasteiger partial charge in [-0.15, -0.1) is 0 Å². The van der Waals surface area contributed by atoms with Gasteiger partial charge in [-0.2, -0.15) is 0 Å². The van der Waals surface area contributed by atoms with Gasteiger partial charge >= 0.3 is 0 Å². The second-order valence-electron chi connectivity index (χ2n) is 2.52. The van der Waals surface area contributed by atoms with Crippen molar-refractivity contribution in [2.45, 2.75) is 6.92 Å². The maximum atomic E-state index is 9.00. The molecular formula is C10H13ClO4. The van der Waals surface area contributed by atoms with Gasteiger partial charge in [-0.05, 0) is 12.1 Å². The van der Waals surface area contributed by atoms with E-state index in [1.807, 2.05) is 0 Å². The number of benzene rings is 1. The number of halogens is 1. The van der Waals surface area contributed by atoms with Crippen LogP contribution in [0.1, 0.15) is 6.92 Å². The zero-order chi connectivity index (χ0) is 11.8. The summed E-state index contributed by atoms with van der Waals surface area (Å²) in [4.78, 5) is 9.00. The Labute approximate surface area is 93.4 Å². The normalized spacial score (nSPS) is 8.53. The first-order valence-corrected chi connectivity index (χ1v) is 4.46. The molecule has 0 heterocycles. The van der Waals surface area contributed by atoms with E-state index in [0.717, 1.165) is 6.92 Å². The van der Waals surface area contributed by atoms with E-state index < -0.39 is 5.97 Å². The third kappa shape index (κ3) is 5.80. The minimum Gasteiger partial charge on any atom is -0.493 e. The highest BCUT2D eigenvalue weighted by Gasteiger charge is 2.01. The van der Waals surface area contributed by atoms with Crippen LogP contribution in [0.4, 0.5) is 0 Å². The van der Waals surface area contributed by atoms with Gasteiger partial charge in [0, 0.05) is 18.0 Å². The second kappa shape index (κ2) is 6.95. The molecule has 0 unspecified atom stereocenters. The number of hydrogen-bond acceptors (Lipinski definition) is 3. The van der Waals surface area contributed by atoms with Crippen molar-refractivity contribution in [3.8, 4) is 11.5 Å². The molecule has 0 saturated carbocycles. The lowest BCUT2D eigenvalue weighted by Crippen LogP contribution is -1.89. The van der Waals surface area contributed by atoms with Crippen LogP contribution in [-0.4, -0.2) is 25.3 Å². The Bertz CT molecular complexity index is 321. The summed E-state index contributed by atoms with van der Waals surface area (Å²) in [6, 6.07) is 5.23. The number of rotatable bonds is 2. The van der Waals surface area contributed by atoms with E-state index in [9.17, 15) is 0 Å². The van der Waals surface area contributed by atoms with Crippen molar-refractivity contribution >= 4 is 17.6 Å². The molecule has 0 fully saturated rings. The van der Waals surface area contributed by atoms with Crippen LogP contribution in [0.15, 0.2) is 18.2 Å². The van der Waals surface area contributed by atoms with E-state index in [0.29, 0.717) is 16.5 Å². The molecule has 0 amide bonds. The summed E-state index contributed by atoms with van der Waals surface area (Å²) in [5.74, 6) is 0.511. The van der Waals surface area contributed by atoms with Crippen LogP contribution in [0, 0.1) is 0 Å². The van der Waals surface area contributed by atoms with Crippen molar-refractivity contribution < 1.29 is 19.4 Å². The number of carbonyl (C=O) groups is 1. The molecule has 0 aliphatic heterocycles. The van der Waals surface area contributed by atoms with Crippen LogP contribution < -0.4 is 9.47 Å². The van der Waals surface area contributed by atoms with E-state index in [1.54, 1.807) is 32.4 Å². The molecule has 4 nitrogen and oxygen atoms in total. The minimum atomic E-state index is -0.833. The molecule has 1 aromatic rings. The molecule has 0 spiro atoms.